The first-order chi connectivity index (χ1) is 9.15. The normalized spacial score (nSPS) is 11.1. The van der Waals surface area contributed by atoms with Crippen molar-refractivity contribution in [1.82, 2.24) is 4.57 Å². The van der Waals surface area contributed by atoms with Crippen molar-refractivity contribution in [3.8, 4) is 0 Å². The summed E-state index contributed by atoms with van der Waals surface area (Å²) in [7, 11) is 0. The van der Waals surface area contributed by atoms with Gasteiger partial charge in [0.2, 0.25) is 0 Å². The van der Waals surface area contributed by atoms with Gasteiger partial charge >= 0.3 is 0 Å². The van der Waals surface area contributed by atoms with E-state index in [4.69, 9.17) is 17.3 Å². The number of nitrogens with zero attached hydrogens (tertiary/aromatic N) is 1. The van der Waals surface area contributed by atoms with Gasteiger partial charge in [0.25, 0.3) is 0 Å². The van der Waals surface area contributed by atoms with Crippen molar-refractivity contribution in [3.63, 3.8) is 0 Å². The van der Waals surface area contributed by atoms with Gasteiger partial charge in [0, 0.05) is 23.6 Å². The Morgan fingerprint density at radius 1 is 1.16 bits per heavy atom. The van der Waals surface area contributed by atoms with Crippen LogP contribution in [0.25, 0.3) is 10.9 Å². The highest BCUT2D eigenvalue weighted by Gasteiger charge is 2.06. The van der Waals surface area contributed by atoms with Crippen molar-refractivity contribution in [3.05, 3.63) is 64.8 Å². The van der Waals surface area contributed by atoms with Gasteiger partial charge in [-0.15, -0.1) is 0 Å². The lowest BCUT2D eigenvalue weighted by Crippen LogP contribution is -1.99. The molecule has 0 aliphatic carbocycles. The minimum absolute atomic E-state index is 0.609. The largest absolute Gasteiger partial charge is 0.398 e. The van der Waals surface area contributed by atoms with Gasteiger partial charge in [-0.25, -0.2) is 0 Å². The molecule has 2 N–H and O–H groups in total. The smallest absolute Gasteiger partial charge is 0.0635 e. The Hall–Kier alpha value is -1.93. The van der Waals surface area contributed by atoms with E-state index in [1.54, 1.807) is 0 Å². The van der Waals surface area contributed by atoms with E-state index in [-0.39, 0.29) is 0 Å². The summed E-state index contributed by atoms with van der Waals surface area (Å²) in [6, 6.07) is 14.2. The average molecular weight is 271 g/mol. The number of nitrogens with two attached hydrogens (primary N) is 1. The van der Waals surface area contributed by atoms with E-state index < -0.39 is 0 Å². The third kappa shape index (κ3) is 2.20. The summed E-state index contributed by atoms with van der Waals surface area (Å²) in [5.41, 5.74) is 10.2. The summed E-state index contributed by atoms with van der Waals surface area (Å²) in [6.45, 7) is 2.94. The number of para-hydroxylation sites is 1. The van der Waals surface area contributed by atoms with Crippen molar-refractivity contribution in [2.75, 3.05) is 5.73 Å². The number of benzene rings is 2. The molecular weight excluding hydrogens is 256 g/mol. The first-order valence-corrected chi connectivity index (χ1v) is 6.61. The van der Waals surface area contributed by atoms with Gasteiger partial charge in [-0.05, 0) is 36.2 Å². The highest BCUT2D eigenvalue weighted by molar-refractivity contribution is 6.33. The van der Waals surface area contributed by atoms with Crippen molar-refractivity contribution >= 4 is 28.2 Å². The number of hydrogen-bond acceptors (Lipinski definition) is 1. The minimum atomic E-state index is 0.609. The number of rotatable bonds is 2. The number of aryl methyl sites for hydroxylation is 1. The minimum Gasteiger partial charge on any atom is -0.398 e. The van der Waals surface area contributed by atoms with Crippen LogP contribution in [0.1, 0.15) is 11.1 Å². The summed E-state index contributed by atoms with van der Waals surface area (Å²) in [5.74, 6) is 0. The predicted molar refractivity (Wildman–Crippen MR) is 81.6 cm³/mol. The van der Waals surface area contributed by atoms with Gasteiger partial charge in [-0.1, -0.05) is 35.9 Å². The highest BCUT2D eigenvalue weighted by atomic mass is 35.5. The van der Waals surface area contributed by atoms with Crippen LogP contribution in [0.2, 0.25) is 5.02 Å². The van der Waals surface area contributed by atoms with Gasteiger partial charge in [-0.3, -0.25) is 0 Å². The van der Waals surface area contributed by atoms with E-state index in [1.165, 1.54) is 16.5 Å². The molecule has 0 aliphatic heterocycles. The topological polar surface area (TPSA) is 30.9 Å². The Balaban J connectivity index is 2.03. The SMILES string of the molecule is Cc1cn(Cc2ccc(Cl)c(N)c2)c2ccccc12. The van der Waals surface area contributed by atoms with E-state index in [1.807, 2.05) is 18.2 Å². The van der Waals surface area contributed by atoms with Crippen molar-refractivity contribution < 1.29 is 0 Å². The van der Waals surface area contributed by atoms with Crippen molar-refractivity contribution in [1.29, 1.82) is 0 Å². The lowest BCUT2D eigenvalue weighted by atomic mass is 10.2. The molecule has 1 aromatic heterocycles. The first kappa shape index (κ1) is 12.1. The second kappa shape index (κ2) is 4.63. The van der Waals surface area contributed by atoms with Crippen LogP contribution in [0.15, 0.2) is 48.7 Å². The summed E-state index contributed by atoms with van der Waals surface area (Å²) in [4.78, 5) is 0. The fourth-order valence-corrected chi connectivity index (χ4v) is 2.57. The Morgan fingerprint density at radius 3 is 2.74 bits per heavy atom. The van der Waals surface area contributed by atoms with Crippen LogP contribution in [0, 0.1) is 6.92 Å². The molecule has 2 aromatic carbocycles. The average Bonchev–Trinajstić information content (AvgIpc) is 2.72. The zero-order chi connectivity index (χ0) is 13.4. The molecule has 3 aromatic rings. The predicted octanol–water partition coefficient (Wildman–Crippen LogP) is 4.23. The Kier molecular flexibility index (Phi) is 2.96. The third-order valence-corrected chi connectivity index (χ3v) is 3.75. The standard InChI is InChI=1S/C16H15ClN2/c1-11-9-19(16-5-3-2-4-13(11)16)10-12-6-7-14(17)15(18)8-12/h2-9H,10,18H2,1H3. The van der Waals surface area contributed by atoms with Gasteiger partial charge in [0.1, 0.15) is 0 Å². The molecule has 0 atom stereocenters. The molecule has 96 valence electrons. The molecular formula is C16H15ClN2. The summed E-state index contributed by atoms with van der Waals surface area (Å²) in [5, 5.41) is 1.90. The maximum atomic E-state index is 5.95. The number of halogens is 1. The summed E-state index contributed by atoms with van der Waals surface area (Å²) in [6.07, 6.45) is 2.18. The van der Waals surface area contributed by atoms with Gasteiger partial charge in [0.15, 0.2) is 0 Å². The molecule has 1 heterocycles. The Morgan fingerprint density at radius 2 is 1.95 bits per heavy atom. The van der Waals surface area contributed by atoms with Crippen LogP contribution < -0.4 is 5.73 Å². The van der Waals surface area contributed by atoms with Gasteiger partial charge in [-0.2, -0.15) is 0 Å². The molecule has 0 fully saturated rings. The van der Waals surface area contributed by atoms with E-state index in [9.17, 15) is 0 Å². The van der Waals surface area contributed by atoms with Crippen LogP contribution >= 0.6 is 11.6 Å². The van der Waals surface area contributed by atoms with Crippen LogP contribution in [0.5, 0.6) is 0 Å². The fraction of sp³-hybridized carbons (Fsp3) is 0.125. The van der Waals surface area contributed by atoms with E-state index >= 15 is 0 Å². The molecule has 0 radical (unpaired) electrons. The molecule has 2 nitrogen and oxygen atoms in total. The molecule has 0 spiro atoms. The van der Waals surface area contributed by atoms with E-state index in [2.05, 4.69) is 42.0 Å². The summed E-state index contributed by atoms with van der Waals surface area (Å²) >= 11 is 5.95. The van der Waals surface area contributed by atoms with Gasteiger partial charge < -0.3 is 10.3 Å². The number of fused-ring (bicyclic) bond motifs is 1. The molecule has 0 saturated carbocycles. The highest BCUT2D eigenvalue weighted by Crippen LogP contribution is 2.24. The second-order valence-corrected chi connectivity index (χ2v) is 5.22. The molecule has 3 heteroatoms. The summed E-state index contributed by atoms with van der Waals surface area (Å²) < 4.78 is 2.24. The molecule has 3 rings (SSSR count). The maximum Gasteiger partial charge on any atom is 0.0635 e. The van der Waals surface area contributed by atoms with Crippen LogP contribution in [-0.2, 0) is 6.54 Å². The molecule has 0 saturated heterocycles. The van der Waals surface area contributed by atoms with Crippen molar-refractivity contribution in [2.45, 2.75) is 13.5 Å². The quantitative estimate of drug-likeness (QED) is 0.694. The van der Waals surface area contributed by atoms with E-state index in [0.29, 0.717) is 10.7 Å². The van der Waals surface area contributed by atoms with Crippen LogP contribution in [-0.4, -0.2) is 4.57 Å². The van der Waals surface area contributed by atoms with Crippen LogP contribution in [0.4, 0.5) is 5.69 Å². The number of nitrogen functional groups attached to an aromatic ring is 1. The lowest BCUT2D eigenvalue weighted by molar-refractivity contribution is 0.834. The Labute approximate surface area is 117 Å². The van der Waals surface area contributed by atoms with Crippen LogP contribution in [0.3, 0.4) is 0 Å². The molecule has 0 aliphatic rings. The second-order valence-electron chi connectivity index (χ2n) is 4.81. The number of anilines is 1. The fourth-order valence-electron chi connectivity index (χ4n) is 2.45. The first-order valence-electron chi connectivity index (χ1n) is 6.23. The monoisotopic (exact) mass is 270 g/mol. The zero-order valence-electron chi connectivity index (χ0n) is 10.7. The van der Waals surface area contributed by atoms with Gasteiger partial charge in [0.05, 0.1) is 10.7 Å². The molecule has 0 amide bonds. The van der Waals surface area contributed by atoms with E-state index in [0.717, 1.165) is 12.1 Å². The molecule has 0 unspecified atom stereocenters. The lowest BCUT2D eigenvalue weighted by Gasteiger charge is -2.07. The van der Waals surface area contributed by atoms with Crippen molar-refractivity contribution in [2.24, 2.45) is 0 Å². The third-order valence-electron chi connectivity index (χ3n) is 3.40. The molecule has 0 bridgehead atoms. The Bertz CT molecular complexity index is 744. The molecule has 19 heavy (non-hydrogen) atoms. The number of aromatic nitrogens is 1. The zero-order valence-corrected chi connectivity index (χ0v) is 11.5. The number of hydrogen-bond donors (Lipinski definition) is 1. The maximum absolute atomic E-state index is 5.95.